The molecule has 0 aromatic rings. The van der Waals surface area contributed by atoms with E-state index in [0.717, 1.165) is 12.3 Å². The predicted molar refractivity (Wildman–Crippen MR) is 42.2 cm³/mol. The maximum absolute atomic E-state index is 7.57. The van der Waals surface area contributed by atoms with Gasteiger partial charge in [0, 0.05) is 32.5 Å². The van der Waals surface area contributed by atoms with E-state index in [9.17, 15) is 0 Å². The molecule has 1 unspecified atom stereocenters. The summed E-state index contributed by atoms with van der Waals surface area (Å²) in [5, 5.41) is 7.57. The van der Waals surface area contributed by atoms with Gasteiger partial charge in [-0.05, 0) is 6.92 Å². The zero-order valence-corrected chi connectivity index (χ0v) is 9.23. The van der Waals surface area contributed by atoms with Crippen molar-refractivity contribution in [1.82, 2.24) is 0 Å². The smallest absolute Gasteiger partial charge is 0.0402 e. The molecule has 1 N–H and O–H groups in total. The Balaban J connectivity index is -0.000000107. The van der Waals surface area contributed by atoms with Gasteiger partial charge in [-0.15, -0.1) is 0 Å². The van der Waals surface area contributed by atoms with Crippen LogP contribution in [0.3, 0.4) is 0 Å². The minimum atomic E-state index is 0. The van der Waals surface area contributed by atoms with Crippen molar-refractivity contribution < 1.29 is 30.9 Å². The molecule has 2 heteroatoms. The van der Waals surface area contributed by atoms with E-state index in [1.807, 2.05) is 0 Å². The van der Waals surface area contributed by atoms with Crippen molar-refractivity contribution in [1.29, 1.82) is 0 Å². The normalized spacial score (nSPS) is 10.5. The van der Waals surface area contributed by atoms with Gasteiger partial charge in [0.2, 0.25) is 0 Å². The summed E-state index contributed by atoms with van der Waals surface area (Å²) in [5.74, 6) is 0.824. The fraction of sp³-hybridized carbons (Fsp3) is 0.875. The molecule has 0 spiro atoms. The minimum absolute atomic E-state index is 0. The van der Waals surface area contributed by atoms with Crippen LogP contribution >= 0.6 is 0 Å². The van der Waals surface area contributed by atoms with Crippen LogP contribution in [0.2, 0.25) is 0 Å². The Labute approximate surface area is 84.0 Å². The molecular formula is C8H19OSc-. The molecule has 0 rings (SSSR count). The van der Waals surface area contributed by atoms with Crippen LogP contribution < -0.4 is 0 Å². The van der Waals surface area contributed by atoms with Crippen molar-refractivity contribution in [3.63, 3.8) is 0 Å². The van der Waals surface area contributed by atoms with Gasteiger partial charge in [0.1, 0.15) is 0 Å². The zero-order valence-electron chi connectivity index (χ0n) is 7.43. The first kappa shape index (κ1) is 17.1. The van der Waals surface area contributed by atoms with Gasteiger partial charge in [-0.3, -0.25) is 0 Å². The van der Waals surface area contributed by atoms with E-state index in [2.05, 4.69) is 20.8 Å². The van der Waals surface area contributed by atoms with E-state index in [0.29, 0.717) is 0 Å². The van der Waals surface area contributed by atoms with Gasteiger partial charge in [0.15, 0.2) is 0 Å². The van der Waals surface area contributed by atoms with Crippen LogP contribution in [-0.2, 0) is 25.8 Å². The first-order valence-electron chi connectivity index (χ1n) is 3.62. The maximum Gasteiger partial charge on any atom is 0.0402 e. The molecule has 10 heavy (non-hydrogen) atoms. The second-order valence-electron chi connectivity index (χ2n) is 2.12. The van der Waals surface area contributed by atoms with Crippen LogP contribution in [0.5, 0.6) is 0 Å². The molecule has 0 saturated carbocycles. The molecule has 0 bridgehead atoms. The zero-order chi connectivity index (χ0) is 7.70. The second-order valence-corrected chi connectivity index (χ2v) is 2.12. The number of rotatable bonds is 2. The Bertz CT molecular complexity index is 36.2. The van der Waals surface area contributed by atoms with Gasteiger partial charge in [-0.2, -0.15) is 6.42 Å². The quantitative estimate of drug-likeness (QED) is 0.640. The van der Waals surface area contributed by atoms with Gasteiger partial charge in [0.25, 0.3) is 0 Å². The van der Waals surface area contributed by atoms with E-state index in [1.165, 1.54) is 6.42 Å². The molecule has 1 atom stereocenters. The molecule has 0 aromatic heterocycles. The van der Waals surface area contributed by atoms with Crippen molar-refractivity contribution in [3.05, 3.63) is 6.92 Å². The molecule has 1 nitrogen and oxygen atoms in total. The molecule has 61 valence electrons. The fourth-order valence-corrected chi connectivity index (χ4v) is 0.204. The van der Waals surface area contributed by atoms with Gasteiger partial charge in [-0.1, -0.05) is 26.2 Å². The first-order chi connectivity index (χ1) is 4.22. The molecule has 0 aliphatic heterocycles. The van der Waals surface area contributed by atoms with E-state index in [4.69, 9.17) is 5.11 Å². The third kappa shape index (κ3) is 23.2. The Kier molecular flexibility index (Phi) is 28.0. The molecule has 0 amide bonds. The Morgan fingerprint density at radius 1 is 1.40 bits per heavy atom. The summed E-state index contributed by atoms with van der Waals surface area (Å²) in [6, 6.07) is 0. The number of hydrogen-bond acceptors (Lipinski definition) is 1. The molecule has 0 fully saturated rings. The molecule has 0 aromatic carbocycles. The molecular weight excluding hydrogens is 157 g/mol. The monoisotopic (exact) mass is 176 g/mol. The Hall–Kier alpha value is 0.830. The summed E-state index contributed by atoms with van der Waals surface area (Å²) in [7, 11) is 0. The summed E-state index contributed by atoms with van der Waals surface area (Å²) in [5.41, 5.74) is 0. The van der Waals surface area contributed by atoms with E-state index in [1.54, 1.807) is 6.92 Å². The van der Waals surface area contributed by atoms with Gasteiger partial charge < -0.3 is 12.0 Å². The number of hydrogen-bond donors (Lipinski definition) is 1. The van der Waals surface area contributed by atoms with Crippen LogP contribution in [0.4, 0.5) is 0 Å². The van der Waals surface area contributed by atoms with Crippen LogP contribution in [0.15, 0.2) is 0 Å². The number of aliphatic hydroxyl groups is 1. The summed E-state index contributed by atoms with van der Waals surface area (Å²) >= 11 is 0. The molecule has 0 saturated heterocycles. The summed E-state index contributed by atoms with van der Waals surface area (Å²) < 4.78 is 0. The minimum Gasteiger partial charge on any atom is -0.397 e. The first-order valence-corrected chi connectivity index (χ1v) is 3.62. The average Bonchev–Trinajstić information content (AvgIpc) is 1.88. The standard InChI is InChI=1S/C6H13.C2H6O.Sc/c1-4-6(3)5-2;1-2-3;/h6H,1,4-5H2,2-3H3;3H,2H2,1H3;/q-1;;. The fourth-order valence-electron chi connectivity index (χ4n) is 0.204. The van der Waals surface area contributed by atoms with Crippen LogP contribution in [-0.4, -0.2) is 11.7 Å². The van der Waals surface area contributed by atoms with Crippen LogP contribution in [0.25, 0.3) is 0 Å². The third-order valence-corrected chi connectivity index (χ3v) is 1.19. The Morgan fingerprint density at radius 3 is 1.70 bits per heavy atom. The van der Waals surface area contributed by atoms with Crippen LogP contribution in [0, 0.1) is 12.8 Å². The van der Waals surface area contributed by atoms with Gasteiger partial charge in [0.05, 0.1) is 0 Å². The summed E-state index contributed by atoms with van der Waals surface area (Å²) in [4.78, 5) is 0. The van der Waals surface area contributed by atoms with Crippen LogP contribution in [0.1, 0.15) is 33.6 Å². The number of aliphatic hydroxyl groups excluding tert-OH is 1. The molecule has 1 radical (unpaired) electrons. The Morgan fingerprint density at radius 2 is 1.70 bits per heavy atom. The second kappa shape index (κ2) is 16.4. The van der Waals surface area contributed by atoms with Gasteiger partial charge >= 0.3 is 0 Å². The predicted octanol–water partition coefficient (Wildman–Crippen LogP) is 2.25. The summed E-state index contributed by atoms with van der Waals surface area (Å²) in [6.07, 6.45) is 2.35. The SMILES string of the molecule is CCO.[CH2-]CC(C)CC.[Sc]. The largest absolute Gasteiger partial charge is 0.397 e. The van der Waals surface area contributed by atoms with E-state index >= 15 is 0 Å². The van der Waals surface area contributed by atoms with Crippen molar-refractivity contribution in [3.8, 4) is 0 Å². The van der Waals surface area contributed by atoms with Gasteiger partial charge in [-0.25, -0.2) is 0 Å². The van der Waals surface area contributed by atoms with Crippen molar-refractivity contribution in [2.24, 2.45) is 5.92 Å². The molecule has 0 aliphatic carbocycles. The summed E-state index contributed by atoms with van der Waals surface area (Å²) in [6.45, 7) is 10.1. The maximum atomic E-state index is 7.57. The molecule has 0 aliphatic rings. The topological polar surface area (TPSA) is 20.2 Å². The third-order valence-electron chi connectivity index (χ3n) is 1.19. The van der Waals surface area contributed by atoms with Crippen molar-refractivity contribution >= 4 is 0 Å². The van der Waals surface area contributed by atoms with E-state index in [-0.39, 0.29) is 32.5 Å². The average molecular weight is 176 g/mol. The van der Waals surface area contributed by atoms with Crippen molar-refractivity contribution in [2.75, 3.05) is 6.61 Å². The van der Waals surface area contributed by atoms with E-state index < -0.39 is 0 Å². The van der Waals surface area contributed by atoms with Crippen molar-refractivity contribution in [2.45, 2.75) is 33.6 Å². The molecule has 0 heterocycles.